The van der Waals surface area contributed by atoms with Gasteiger partial charge in [0.1, 0.15) is 15.6 Å². The number of rotatable bonds is 2. The second kappa shape index (κ2) is 4.78. The summed E-state index contributed by atoms with van der Waals surface area (Å²) in [5, 5.41) is 3.79. The Morgan fingerprint density at radius 1 is 1.39 bits per heavy atom. The van der Waals surface area contributed by atoms with E-state index in [0.717, 1.165) is 15.7 Å². The number of esters is 1. The highest BCUT2D eigenvalue weighted by Gasteiger charge is 2.20. The first-order valence-corrected chi connectivity index (χ1v) is 7.12. The van der Waals surface area contributed by atoms with Gasteiger partial charge in [0, 0.05) is 10.8 Å². The first kappa shape index (κ1) is 13.2. The van der Waals surface area contributed by atoms with E-state index in [-0.39, 0.29) is 11.4 Å². The molecule has 0 N–H and O–H groups in total. The molecule has 18 heavy (non-hydrogen) atoms. The van der Waals surface area contributed by atoms with Crippen molar-refractivity contribution in [2.75, 3.05) is 7.11 Å². The lowest BCUT2D eigenvalue weighted by molar-refractivity contribution is 0.0606. The maximum absolute atomic E-state index is 11.4. The van der Waals surface area contributed by atoms with Gasteiger partial charge < -0.3 is 4.74 Å². The quantitative estimate of drug-likeness (QED) is 0.793. The van der Waals surface area contributed by atoms with E-state index in [1.807, 2.05) is 5.38 Å². The summed E-state index contributed by atoms with van der Waals surface area (Å²) in [6, 6.07) is 0. The van der Waals surface area contributed by atoms with Crippen molar-refractivity contribution < 1.29 is 9.53 Å². The molecule has 0 aliphatic heterocycles. The standard InChI is InChI=1S/C12H14N2O2S2/c1-12(2,3)11-14-7(6-17-11)9-13-5-8(18-9)10(15)16-4/h5-6H,1-4H3. The first-order valence-electron chi connectivity index (χ1n) is 5.42. The first-order chi connectivity index (χ1) is 8.41. The van der Waals surface area contributed by atoms with Gasteiger partial charge >= 0.3 is 5.97 Å². The molecule has 0 atom stereocenters. The summed E-state index contributed by atoms with van der Waals surface area (Å²) in [6.45, 7) is 6.37. The molecule has 4 nitrogen and oxygen atoms in total. The molecule has 6 heteroatoms. The van der Waals surface area contributed by atoms with Gasteiger partial charge in [0.15, 0.2) is 0 Å². The second-order valence-electron chi connectivity index (χ2n) is 4.81. The van der Waals surface area contributed by atoms with Crippen molar-refractivity contribution in [2.45, 2.75) is 26.2 Å². The van der Waals surface area contributed by atoms with Gasteiger partial charge in [0.2, 0.25) is 0 Å². The minimum absolute atomic E-state index is 0.0331. The Labute approximate surface area is 114 Å². The molecule has 0 aliphatic rings. The molecular formula is C12H14N2O2S2. The van der Waals surface area contributed by atoms with Gasteiger partial charge in [0.25, 0.3) is 0 Å². The fraction of sp³-hybridized carbons (Fsp3) is 0.417. The summed E-state index contributed by atoms with van der Waals surface area (Å²) < 4.78 is 4.66. The molecule has 0 aromatic carbocycles. The lowest BCUT2D eigenvalue weighted by Gasteiger charge is -2.13. The van der Waals surface area contributed by atoms with Gasteiger partial charge in [-0.3, -0.25) is 0 Å². The van der Waals surface area contributed by atoms with Crippen LogP contribution in [0, 0.1) is 0 Å². The molecule has 0 radical (unpaired) electrons. The molecule has 0 amide bonds. The lowest BCUT2D eigenvalue weighted by Crippen LogP contribution is -2.10. The maximum Gasteiger partial charge on any atom is 0.349 e. The SMILES string of the molecule is COC(=O)c1cnc(-c2csc(C(C)(C)C)n2)s1. The van der Waals surface area contributed by atoms with Crippen LogP contribution in [0.25, 0.3) is 10.7 Å². The van der Waals surface area contributed by atoms with E-state index >= 15 is 0 Å². The van der Waals surface area contributed by atoms with Crippen molar-refractivity contribution in [3.63, 3.8) is 0 Å². The highest BCUT2D eigenvalue weighted by atomic mass is 32.1. The van der Waals surface area contributed by atoms with E-state index in [1.54, 1.807) is 11.3 Å². The van der Waals surface area contributed by atoms with Crippen LogP contribution < -0.4 is 0 Å². The van der Waals surface area contributed by atoms with Gasteiger partial charge in [-0.05, 0) is 0 Å². The summed E-state index contributed by atoms with van der Waals surface area (Å²) in [5.41, 5.74) is 0.857. The van der Waals surface area contributed by atoms with Crippen molar-refractivity contribution in [3.8, 4) is 10.7 Å². The number of nitrogens with zero attached hydrogens (tertiary/aromatic N) is 2. The Hall–Kier alpha value is -1.27. The summed E-state index contributed by atoms with van der Waals surface area (Å²) in [4.78, 5) is 20.6. The van der Waals surface area contributed by atoms with Gasteiger partial charge in [0.05, 0.1) is 18.3 Å². The number of carbonyl (C=O) groups is 1. The molecule has 2 aromatic rings. The molecule has 0 aliphatic carbocycles. The summed E-state index contributed by atoms with van der Waals surface area (Å²) in [6.07, 6.45) is 1.53. The minimum atomic E-state index is -0.356. The molecule has 0 fully saturated rings. The molecule has 0 spiro atoms. The smallest absolute Gasteiger partial charge is 0.349 e. The van der Waals surface area contributed by atoms with Crippen molar-refractivity contribution in [1.82, 2.24) is 9.97 Å². The minimum Gasteiger partial charge on any atom is -0.465 e. The summed E-state index contributed by atoms with van der Waals surface area (Å²) in [7, 11) is 1.36. The summed E-state index contributed by atoms with van der Waals surface area (Å²) in [5.74, 6) is -0.356. The van der Waals surface area contributed by atoms with E-state index in [0.29, 0.717) is 4.88 Å². The maximum atomic E-state index is 11.4. The predicted octanol–water partition coefficient (Wildman–Crippen LogP) is 3.35. The fourth-order valence-corrected chi connectivity index (χ4v) is 3.07. The Kier molecular flexibility index (Phi) is 3.49. The molecule has 2 heterocycles. The van der Waals surface area contributed by atoms with Gasteiger partial charge in [-0.1, -0.05) is 20.8 Å². The Morgan fingerprint density at radius 2 is 2.11 bits per heavy atom. The average Bonchev–Trinajstić information content (AvgIpc) is 2.94. The Morgan fingerprint density at radius 3 is 2.67 bits per heavy atom. The molecule has 2 aromatic heterocycles. The molecule has 96 valence electrons. The highest BCUT2D eigenvalue weighted by molar-refractivity contribution is 7.17. The third kappa shape index (κ3) is 2.59. The van der Waals surface area contributed by atoms with E-state index in [4.69, 9.17) is 0 Å². The molecular weight excluding hydrogens is 268 g/mol. The fourth-order valence-electron chi connectivity index (χ4n) is 1.30. The topological polar surface area (TPSA) is 52.1 Å². The number of aromatic nitrogens is 2. The molecule has 2 rings (SSSR count). The van der Waals surface area contributed by atoms with E-state index in [9.17, 15) is 4.79 Å². The van der Waals surface area contributed by atoms with Crippen LogP contribution in [-0.4, -0.2) is 23.0 Å². The van der Waals surface area contributed by atoms with Crippen LogP contribution in [0.3, 0.4) is 0 Å². The number of thiazole rings is 2. The highest BCUT2D eigenvalue weighted by Crippen LogP contribution is 2.31. The van der Waals surface area contributed by atoms with E-state index < -0.39 is 0 Å². The predicted molar refractivity (Wildman–Crippen MR) is 73.3 cm³/mol. The normalized spacial score (nSPS) is 11.6. The number of hydrogen-bond donors (Lipinski definition) is 0. The monoisotopic (exact) mass is 282 g/mol. The van der Waals surface area contributed by atoms with Crippen LogP contribution in [0.15, 0.2) is 11.6 Å². The number of hydrogen-bond acceptors (Lipinski definition) is 6. The Bertz CT molecular complexity index is 567. The average molecular weight is 282 g/mol. The molecule has 0 bridgehead atoms. The van der Waals surface area contributed by atoms with Crippen LogP contribution in [0.2, 0.25) is 0 Å². The third-order valence-electron chi connectivity index (χ3n) is 2.26. The zero-order chi connectivity index (χ0) is 13.3. The van der Waals surface area contributed by atoms with E-state index in [1.165, 1.54) is 24.6 Å². The zero-order valence-corrected chi connectivity index (χ0v) is 12.3. The lowest BCUT2D eigenvalue weighted by atomic mass is 9.98. The van der Waals surface area contributed by atoms with Crippen molar-refractivity contribution in [1.29, 1.82) is 0 Å². The third-order valence-corrected chi connectivity index (χ3v) is 4.53. The summed E-state index contributed by atoms with van der Waals surface area (Å²) >= 11 is 2.92. The van der Waals surface area contributed by atoms with Crippen LogP contribution in [0.1, 0.15) is 35.5 Å². The van der Waals surface area contributed by atoms with Gasteiger partial charge in [-0.15, -0.1) is 22.7 Å². The van der Waals surface area contributed by atoms with Crippen molar-refractivity contribution in [3.05, 3.63) is 21.5 Å². The van der Waals surface area contributed by atoms with Crippen LogP contribution in [-0.2, 0) is 10.2 Å². The van der Waals surface area contributed by atoms with Gasteiger partial charge in [-0.25, -0.2) is 14.8 Å². The number of carbonyl (C=O) groups excluding carboxylic acids is 1. The second-order valence-corrected chi connectivity index (χ2v) is 6.70. The number of ether oxygens (including phenoxy) is 1. The molecule has 0 saturated carbocycles. The van der Waals surface area contributed by atoms with Crippen LogP contribution in [0.5, 0.6) is 0 Å². The number of methoxy groups -OCH3 is 1. The van der Waals surface area contributed by atoms with Crippen LogP contribution >= 0.6 is 22.7 Å². The van der Waals surface area contributed by atoms with Crippen molar-refractivity contribution in [2.24, 2.45) is 0 Å². The van der Waals surface area contributed by atoms with E-state index in [2.05, 4.69) is 35.5 Å². The Balaban J connectivity index is 2.30. The molecule has 0 unspecified atom stereocenters. The largest absolute Gasteiger partial charge is 0.465 e. The zero-order valence-electron chi connectivity index (χ0n) is 10.7. The molecule has 0 saturated heterocycles. The van der Waals surface area contributed by atoms with Crippen molar-refractivity contribution >= 4 is 28.6 Å². The van der Waals surface area contributed by atoms with Gasteiger partial charge in [-0.2, -0.15) is 0 Å². The van der Waals surface area contributed by atoms with Crippen LogP contribution in [0.4, 0.5) is 0 Å².